The fraction of sp³-hybridized carbons (Fsp3) is 0.125. The molecule has 0 spiro atoms. The number of carboxylic acid groups (broad SMARTS) is 1. The van der Waals surface area contributed by atoms with Crippen LogP contribution in [0, 0.1) is 13.8 Å². The lowest BCUT2D eigenvalue weighted by Gasteiger charge is -2.02. The Labute approximate surface area is 116 Å². The first kappa shape index (κ1) is 12.4. The number of hydrogen-bond acceptors (Lipinski definition) is 2. The predicted molar refractivity (Wildman–Crippen MR) is 78.0 cm³/mol. The molecule has 0 bridgehead atoms. The van der Waals surface area contributed by atoms with Gasteiger partial charge in [0.15, 0.2) is 0 Å². The van der Waals surface area contributed by atoms with E-state index in [9.17, 15) is 9.90 Å². The molecule has 0 aliphatic rings. The summed E-state index contributed by atoms with van der Waals surface area (Å²) in [6.07, 6.45) is 0. The molecular weight excluding hydrogens is 252 g/mol. The highest BCUT2D eigenvalue weighted by Gasteiger charge is 2.13. The van der Waals surface area contributed by atoms with Crippen LogP contribution in [0.3, 0.4) is 0 Å². The fourth-order valence-electron chi connectivity index (χ4n) is 2.23. The molecular formula is C16H14N2O2. The Bertz CT molecular complexity index is 818. The third kappa shape index (κ3) is 1.95. The summed E-state index contributed by atoms with van der Waals surface area (Å²) in [6, 6.07) is 11.2. The van der Waals surface area contributed by atoms with Crippen LogP contribution in [-0.2, 0) is 0 Å². The first-order valence-electron chi connectivity index (χ1n) is 6.36. The monoisotopic (exact) mass is 266 g/mol. The van der Waals surface area contributed by atoms with E-state index in [1.54, 1.807) is 12.1 Å². The van der Waals surface area contributed by atoms with E-state index in [0.29, 0.717) is 11.3 Å². The van der Waals surface area contributed by atoms with Gasteiger partial charge in [-0.15, -0.1) is 0 Å². The molecule has 0 fully saturated rings. The number of benzene rings is 2. The number of aryl methyl sites for hydroxylation is 2. The van der Waals surface area contributed by atoms with Crippen molar-refractivity contribution in [1.29, 1.82) is 0 Å². The van der Waals surface area contributed by atoms with E-state index in [1.165, 1.54) is 11.1 Å². The number of imidazole rings is 1. The van der Waals surface area contributed by atoms with Crippen molar-refractivity contribution in [2.24, 2.45) is 0 Å². The molecule has 1 heterocycles. The van der Waals surface area contributed by atoms with Crippen molar-refractivity contribution in [3.63, 3.8) is 0 Å². The van der Waals surface area contributed by atoms with E-state index >= 15 is 0 Å². The lowest BCUT2D eigenvalue weighted by Crippen LogP contribution is -1.96. The highest BCUT2D eigenvalue weighted by molar-refractivity contribution is 6.01. The maximum absolute atomic E-state index is 11.2. The largest absolute Gasteiger partial charge is 0.478 e. The minimum absolute atomic E-state index is 0.217. The van der Waals surface area contributed by atoms with Crippen LogP contribution >= 0.6 is 0 Å². The van der Waals surface area contributed by atoms with E-state index in [0.717, 1.165) is 11.1 Å². The molecule has 2 N–H and O–H groups in total. The van der Waals surface area contributed by atoms with Gasteiger partial charge in [-0.25, -0.2) is 9.78 Å². The summed E-state index contributed by atoms with van der Waals surface area (Å²) in [5.74, 6) is -0.273. The van der Waals surface area contributed by atoms with Crippen LogP contribution in [0.25, 0.3) is 22.4 Å². The van der Waals surface area contributed by atoms with Crippen LogP contribution in [0.15, 0.2) is 36.4 Å². The maximum atomic E-state index is 11.2. The summed E-state index contributed by atoms with van der Waals surface area (Å²) in [5.41, 5.74) is 4.80. The number of aromatic nitrogens is 2. The zero-order chi connectivity index (χ0) is 14.3. The number of H-pyrrole nitrogens is 1. The minimum Gasteiger partial charge on any atom is -0.478 e. The summed E-state index contributed by atoms with van der Waals surface area (Å²) in [7, 11) is 0. The molecule has 3 rings (SSSR count). The average molecular weight is 266 g/mol. The number of carboxylic acids is 1. The maximum Gasteiger partial charge on any atom is 0.337 e. The summed E-state index contributed by atoms with van der Waals surface area (Å²) >= 11 is 0. The Morgan fingerprint density at radius 1 is 1.15 bits per heavy atom. The van der Waals surface area contributed by atoms with Crippen molar-refractivity contribution in [2.45, 2.75) is 13.8 Å². The SMILES string of the molecule is Cc1ccc(-c2nc3c(C(=O)O)cccc3[nH]2)cc1C. The Balaban J connectivity index is 2.20. The third-order valence-corrected chi connectivity index (χ3v) is 3.52. The molecule has 0 aliphatic carbocycles. The van der Waals surface area contributed by atoms with Crippen LogP contribution in [0.4, 0.5) is 0 Å². The molecule has 4 heteroatoms. The molecule has 100 valence electrons. The van der Waals surface area contributed by atoms with Gasteiger partial charge in [-0.05, 0) is 43.2 Å². The second-order valence-electron chi connectivity index (χ2n) is 4.89. The van der Waals surface area contributed by atoms with Crippen molar-refractivity contribution in [3.8, 4) is 11.4 Å². The average Bonchev–Trinajstić information content (AvgIpc) is 2.85. The highest BCUT2D eigenvalue weighted by Crippen LogP contribution is 2.24. The van der Waals surface area contributed by atoms with Gasteiger partial charge in [-0.2, -0.15) is 0 Å². The van der Waals surface area contributed by atoms with Gasteiger partial charge in [0, 0.05) is 5.56 Å². The number of aromatic amines is 1. The summed E-state index contributed by atoms with van der Waals surface area (Å²) in [6.45, 7) is 4.10. The summed E-state index contributed by atoms with van der Waals surface area (Å²) in [4.78, 5) is 18.8. The van der Waals surface area contributed by atoms with Crippen molar-refractivity contribution >= 4 is 17.0 Å². The van der Waals surface area contributed by atoms with Gasteiger partial charge >= 0.3 is 5.97 Å². The molecule has 0 saturated carbocycles. The molecule has 0 amide bonds. The van der Waals surface area contributed by atoms with Crippen LogP contribution in [0.5, 0.6) is 0 Å². The fourth-order valence-corrected chi connectivity index (χ4v) is 2.23. The minimum atomic E-state index is -0.964. The number of rotatable bonds is 2. The van der Waals surface area contributed by atoms with Gasteiger partial charge in [0.2, 0.25) is 0 Å². The number of para-hydroxylation sites is 1. The summed E-state index contributed by atoms with van der Waals surface area (Å²) < 4.78 is 0. The lowest BCUT2D eigenvalue weighted by atomic mass is 10.1. The zero-order valence-electron chi connectivity index (χ0n) is 11.3. The van der Waals surface area contributed by atoms with Gasteiger partial charge < -0.3 is 10.1 Å². The standard InChI is InChI=1S/C16H14N2O2/c1-9-6-7-11(8-10(9)2)15-17-13-5-3-4-12(16(19)20)14(13)18-15/h3-8H,1-2H3,(H,17,18)(H,19,20). The number of aromatic carboxylic acids is 1. The molecule has 2 aromatic carbocycles. The Kier molecular flexibility index (Phi) is 2.79. The number of carbonyl (C=O) groups is 1. The molecule has 4 nitrogen and oxygen atoms in total. The molecule has 0 aliphatic heterocycles. The highest BCUT2D eigenvalue weighted by atomic mass is 16.4. The normalized spacial score (nSPS) is 10.9. The van der Waals surface area contributed by atoms with Crippen molar-refractivity contribution < 1.29 is 9.90 Å². The smallest absolute Gasteiger partial charge is 0.337 e. The summed E-state index contributed by atoms with van der Waals surface area (Å²) in [5, 5.41) is 9.19. The van der Waals surface area contributed by atoms with Crippen molar-refractivity contribution in [2.75, 3.05) is 0 Å². The van der Waals surface area contributed by atoms with Gasteiger partial charge in [0.05, 0.1) is 11.1 Å². The lowest BCUT2D eigenvalue weighted by molar-refractivity contribution is 0.0699. The van der Waals surface area contributed by atoms with Crippen molar-refractivity contribution in [1.82, 2.24) is 9.97 Å². The van der Waals surface area contributed by atoms with E-state index < -0.39 is 5.97 Å². The Morgan fingerprint density at radius 3 is 2.65 bits per heavy atom. The molecule has 0 unspecified atom stereocenters. The zero-order valence-corrected chi connectivity index (χ0v) is 11.3. The first-order chi connectivity index (χ1) is 9.56. The van der Waals surface area contributed by atoms with Gasteiger partial charge in [-0.1, -0.05) is 18.2 Å². The van der Waals surface area contributed by atoms with Crippen LogP contribution in [-0.4, -0.2) is 21.0 Å². The van der Waals surface area contributed by atoms with E-state index in [4.69, 9.17) is 0 Å². The molecule has 20 heavy (non-hydrogen) atoms. The van der Waals surface area contributed by atoms with Crippen LogP contribution < -0.4 is 0 Å². The Hall–Kier alpha value is -2.62. The molecule has 3 aromatic rings. The van der Waals surface area contributed by atoms with E-state index in [2.05, 4.69) is 16.9 Å². The number of hydrogen-bond donors (Lipinski definition) is 2. The molecule has 0 saturated heterocycles. The third-order valence-electron chi connectivity index (χ3n) is 3.52. The van der Waals surface area contributed by atoms with E-state index in [1.807, 2.05) is 31.2 Å². The topological polar surface area (TPSA) is 66.0 Å². The molecule has 0 atom stereocenters. The number of fused-ring (bicyclic) bond motifs is 1. The molecule has 0 radical (unpaired) electrons. The second-order valence-corrected chi connectivity index (χ2v) is 4.89. The van der Waals surface area contributed by atoms with E-state index in [-0.39, 0.29) is 5.56 Å². The quantitative estimate of drug-likeness (QED) is 0.745. The Morgan fingerprint density at radius 2 is 1.95 bits per heavy atom. The predicted octanol–water partition coefficient (Wildman–Crippen LogP) is 3.54. The van der Waals surface area contributed by atoms with Gasteiger partial charge in [0.1, 0.15) is 11.3 Å². The molecule has 1 aromatic heterocycles. The number of nitrogens with zero attached hydrogens (tertiary/aromatic N) is 1. The van der Waals surface area contributed by atoms with Gasteiger partial charge in [-0.3, -0.25) is 0 Å². The first-order valence-corrected chi connectivity index (χ1v) is 6.36. The van der Waals surface area contributed by atoms with Crippen LogP contribution in [0.2, 0.25) is 0 Å². The number of nitrogens with one attached hydrogen (secondary N) is 1. The van der Waals surface area contributed by atoms with Gasteiger partial charge in [0.25, 0.3) is 0 Å². The van der Waals surface area contributed by atoms with Crippen LogP contribution in [0.1, 0.15) is 21.5 Å². The second kappa shape index (κ2) is 4.49. The van der Waals surface area contributed by atoms with Crippen molar-refractivity contribution in [3.05, 3.63) is 53.1 Å².